The second-order valence-electron chi connectivity index (χ2n) is 6.74. The van der Waals surface area contributed by atoms with Crippen LogP contribution in [0.15, 0.2) is 60.7 Å². The highest BCUT2D eigenvalue weighted by Crippen LogP contribution is 2.37. The molecule has 0 aliphatic rings. The third-order valence-corrected chi connectivity index (χ3v) is 4.40. The summed E-state index contributed by atoms with van der Waals surface area (Å²) in [6.45, 7) is 3.04. The minimum Gasteiger partial charge on any atom is -0.487 e. The maximum absolute atomic E-state index is 14.5. The van der Waals surface area contributed by atoms with Gasteiger partial charge in [-0.3, -0.25) is 4.79 Å². The molecule has 0 amide bonds. The van der Waals surface area contributed by atoms with Gasteiger partial charge in [0.05, 0.1) is 16.6 Å². The maximum Gasteiger partial charge on any atom is 0.312 e. The summed E-state index contributed by atoms with van der Waals surface area (Å²) in [7, 11) is 0. The zero-order chi connectivity index (χ0) is 18.7. The number of carbonyl (C=O) groups is 1. The van der Waals surface area contributed by atoms with Crippen LogP contribution in [0.25, 0.3) is 10.9 Å². The number of aliphatic carboxylic acids is 1. The van der Waals surface area contributed by atoms with E-state index in [1.165, 1.54) is 13.8 Å². The van der Waals surface area contributed by atoms with Crippen LogP contribution in [-0.2, 0) is 11.4 Å². The average Bonchev–Trinajstić information content (AvgIpc) is 2.66. The first-order chi connectivity index (χ1) is 12.4. The lowest BCUT2D eigenvalue weighted by molar-refractivity contribution is -0.150. The Morgan fingerprint density at radius 1 is 1.12 bits per heavy atom. The summed E-state index contributed by atoms with van der Waals surface area (Å²) in [6, 6.07) is 18.1. The minimum atomic E-state index is -1.60. The van der Waals surface area contributed by atoms with Crippen molar-refractivity contribution in [2.75, 3.05) is 0 Å². The van der Waals surface area contributed by atoms with Crippen molar-refractivity contribution in [1.29, 1.82) is 0 Å². The van der Waals surface area contributed by atoms with Gasteiger partial charge in [-0.05, 0) is 43.7 Å². The number of carboxylic acid groups (broad SMARTS) is 1. The van der Waals surface area contributed by atoms with Gasteiger partial charge in [0.1, 0.15) is 18.5 Å². The summed E-state index contributed by atoms with van der Waals surface area (Å²) in [5, 5.41) is 10.2. The largest absolute Gasteiger partial charge is 0.487 e. The highest BCUT2D eigenvalue weighted by molar-refractivity contribution is 5.78. The molecule has 0 aliphatic heterocycles. The van der Waals surface area contributed by atoms with Gasteiger partial charge < -0.3 is 9.84 Å². The first kappa shape index (κ1) is 17.9. The van der Waals surface area contributed by atoms with Gasteiger partial charge in [0, 0.05) is 5.39 Å². The molecular weight excluding hydrogens is 333 g/mol. The van der Waals surface area contributed by atoms with Crippen LogP contribution in [0.5, 0.6) is 5.75 Å². The first-order valence-corrected chi connectivity index (χ1v) is 8.33. The normalized spacial score (nSPS) is 12.7. The van der Waals surface area contributed by atoms with E-state index in [-0.39, 0.29) is 0 Å². The zero-order valence-corrected chi connectivity index (χ0v) is 14.6. The van der Waals surface area contributed by atoms with Crippen molar-refractivity contribution in [2.45, 2.75) is 26.6 Å². The SMILES string of the molecule is CC(C)(C(=O)O)C(F)c1ccc(OCc2ccc3ccccc3n2)cc1. The summed E-state index contributed by atoms with van der Waals surface area (Å²) >= 11 is 0. The van der Waals surface area contributed by atoms with Crippen molar-refractivity contribution in [2.24, 2.45) is 5.41 Å². The molecule has 3 rings (SSSR count). The molecule has 0 bridgehead atoms. The number of hydrogen-bond donors (Lipinski definition) is 1. The third kappa shape index (κ3) is 3.67. The van der Waals surface area contributed by atoms with Crippen LogP contribution in [-0.4, -0.2) is 16.1 Å². The predicted molar refractivity (Wildman–Crippen MR) is 97.8 cm³/mol. The summed E-state index contributed by atoms with van der Waals surface area (Å²) in [5.74, 6) is -0.600. The summed E-state index contributed by atoms with van der Waals surface area (Å²) in [6.07, 6.45) is -1.60. The van der Waals surface area contributed by atoms with Crippen molar-refractivity contribution >= 4 is 16.9 Å². The third-order valence-electron chi connectivity index (χ3n) is 4.40. The molecular formula is C21H20FNO3. The smallest absolute Gasteiger partial charge is 0.312 e. The fourth-order valence-corrected chi connectivity index (χ4v) is 2.60. The topological polar surface area (TPSA) is 59.4 Å². The van der Waals surface area contributed by atoms with Crippen LogP contribution < -0.4 is 4.74 Å². The highest BCUT2D eigenvalue weighted by atomic mass is 19.1. The monoisotopic (exact) mass is 353 g/mol. The van der Waals surface area contributed by atoms with Crippen molar-refractivity contribution in [3.8, 4) is 5.75 Å². The van der Waals surface area contributed by atoms with Gasteiger partial charge >= 0.3 is 5.97 Å². The number of pyridine rings is 1. The van der Waals surface area contributed by atoms with Gasteiger partial charge in [0.15, 0.2) is 0 Å². The number of rotatable bonds is 6. The van der Waals surface area contributed by atoms with Gasteiger partial charge in [0.2, 0.25) is 0 Å². The first-order valence-electron chi connectivity index (χ1n) is 8.33. The van der Waals surface area contributed by atoms with Gasteiger partial charge in [-0.1, -0.05) is 36.4 Å². The molecule has 0 saturated carbocycles. The number of hydrogen-bond acceptors (Lipinski definition) is 3. The number of alkyl halides is 1. The van der Waals surface area contributed by atoms with E-state index in [4.69, 9.17) is 9.84 Å². The van der Waals surface area contributed by atoms with E-state index < -0.39 is 17.6 Å². The van der Waals surface area contributed by atoms with E-state index in [1.807, 2.05) is 36.4 Å². The molecule has 0 spiro atoms. The van der Waals surface area contributed by atoms with Crippen LogP contribution in [0.3, 0.4) is 0 Å². The van der Waals surface area contributed by atoms with Gasteiger partial charge in [0.25, 0.3) is 0 Å². The fraction of sp³-hybridized carbons (Fsp3) is 0.238. The Morgan fingerprint density at radius 3 is 2.50 bits per heavy atom. The molecule has 2 aromatic carbocycles. The molecule has 1 heterocycles. The molecule has 0 fully saturated rings. The van der Waals surface area contributed by atoms with E-state index in [9.17, 15) is 9.18 Å². The van der Waals surface area contributed by atoms with Crippen LogP contribution in [0.1, 0.15) is 31.3 Å². The Labute approximate surface area is 151 Å². The number of carboxylic acids is 1. The molecule has 26 heavy (non-hydrogen) atoms. The lowest BCUT2D eigenvalue weighted by Crippen LogP contribution is -2.29. The average molecular weight is 353 g/mol. The van der Waals surface area contributed by atoms with E-state index in [0.717, 1.165) is 16.6 Å². The number of para-hydroxylation sites is 1. The van der Waals surface area contributed by atoms with E-state index in [1.54, 1.807) is 24.3 Å². The highest BCUT2D eigenvalue weighted by Gasteiger charge is 2.38. The second-order valence-corrected chi connectivity index (χ2v) is 6.74. The Bertz CT molecular complexity index is 922. The van der Waals surface area contributed by atoms with Crippen molar-refractivity contribution in [1.82, 2.24) is 4.98 Å². The lowest BCUT2D eigenvalue weighted by atomic mass is 9.84. The lowest BCUT2D eigenvalue weighted by Gasteiger charge is -2.24. The molecule has 1 atom stereocenters. The predicted octanol–water partition coefficient (Wildman–Crippen LogP) is 4.94. The van der Waals surface area contributed by atoms with Crippen LogP contribution in [0.2, 0.25) is 0 Å². The molecule has 0 aliphatic carbocycles. The van der Waals surface area contributed by atoms with Crippen molar-refractivity contribution in [3.05, 3.63) is 71.9 Å². The minimum absolute atomic E-state index is 0.295. The summed E-state index contributed by atoms with van der Waals surface area (Å²) in [5.41, 5.74) is 0.522. The number of nitrogens with zero attached hydrogens (tertiary/aromatic N) is 1. The number of fused-ring (bicyclic) bond motifs is 1. The molecule has 1 unspecified atom stereocenters. The van der Waals surface area contributed by atoms with Crippen molar-refractivity contribution in [3.63, 3.8) is 0 Å². The molecule has 4 nitrogen and oxygen atoms in total. The number of benzene rings is 2. The Balaban J connectivity index is 1.68. The van der Waals surface area contributed by atoms with Gasteiger partial charge in [-0.15, -0.1) is 0 Å². The van der Waals surface area contributed by atoms with Gasteiger partial charge in [-0.25, -0.2) is 9.37 Å². The summed E-state index contributed by atoms with van der Waals surface area (Å²) < 4.78 is 20.2. The number of ether oxygens (including phenoxy) is 1. The van der Waals surface area contributed by atoms with Gasteiger partial charge in [-0.2, -0.15) is 0 Å². The molecule has 0 saturated heterocycles. The van der Waals surface area contributed by atoms with E-state index >= 15 is 0 Å². The second kappa shape index (κ2) is 7.12. The van der Waals surface area contributed by atoms with Crippen LogP contribution >= 0.6 is 0 Å². The van der Waals surface area contributed by atoms with E-state index in [2.05, 4.69) is 4.98 Å². The van der Waals surface area contributed by atoms with Crippen LogP contribution in [0.4, 0.5) is 4.39 Å². The maximum atomic E-state index is 14.5. The Kier molecular flexibility index (Phi) is 4.89. The summed E-state index contributed by atoms with van der Waals surface area (Å²) in [4.78, 5) is 15.7. The molecule has 1 aromatic heterocycles. The zero-order valence-electron chi connectivity index (χ0n) is 14.6. The Hall–Kier alpha value is -2.95. The van der Waals surface area contributed by atoms with Crippen molar-refractivity contribution < 1.29 is 19.0 Å². The fourth-order valence-electron chi connectivity index (χ4n) is 2.60. The molecule has 134 valence electrons. The molecule has 3 aromatic rings. The standard InChI is InChI=1S/C21H20FNO3/c1-21(2,20(24)25)19(22)15-8-11-17(12-9-15)26-13-16-10-7-14-5-3-4-6-18(14)23-16/h3-12,19H,13H2,1-2H3,(H,24,25). The molecule has 0 radical (unpaired) electrons. The number of halogens is 1. The number of aromatic nitrogens is 1. The quantitative estimate of drug-likeness (QED) is 0.682. The Morgan fingerprint density at radius 2 is 1.81 bits per heavy atom. The molecule has 5 heteroatoms. The molecule has 1 N–H and O–H groups in total. The van der Waals surface area contributed by atoms with E-state index in [0.29, 0.717) is 17.9 Å². The van der Waals surface area contributed by atoms with Crippen LogP contribution in [0, 0.1) is 5.41 Å².